The number of anilines is 1. The summed E-state index contributed by atoms with van der Waals surface area (Å²) in [5.74, 6) is 0.555. The Hall–Kier alpha value is -0.830. The third kappa shape index (κ3) is 3.43. The van der Waals surface area contributed by atoms with E-state index in [-0.39, 0.29) is 5.09 Å². The molecule has 0 atom stereocenters. The molecule has 0 aliphatic heterocycles. The first-order valence-electron chi connectivity index (χ1n) is 5.64. The normalized spacial score (nSPS) is 11.6. The van der Waals surface area contributed by atoms with Crippen LogP contribution in [0, 0.1) is 0 Å². The second-order valence-corrected chi connectivity index (χ2v) is 7.28. The highest BCUT2D eigenvalue weighted by molar-refractivity contribution is 9.11. The van der Waals surface area contributed by atoms with Gasteiger partial charge >= 0.3 is 0 Å². The molecule has 0 fully saturated rings. The average molecular weight is 424 g/mol. The van der Waals surface area contributed by atoms with Gasteiger partial charge in [0.05, 0.1) is 12.2 Å². The van der Waals surface area contributed by atoms with Crippen LogP contribution >= 0.6 is 31.9 Å². The third-order valence-electron chi connectivity index (χ3n) is 2.45. The van der Waals surface area contributed by atoms with Crippen molar-refractivity contribution in [2.45, 2.75) is 11.6 Å². The molecule has 0 bridgehead atoms. The minimum Gasteiger partial charge on any atom is -0.446 e. The molecule has 108 valence electrons. The van der Waals surface area contributed by atoms with Gasteiger partial charge in [-0.1, -0.05) is 6.07 Å². The van der Waals surface area contributed by atoms with Gasteiger partial charge < -0.3 is 9.73 Å². The second kappa shape index (κ2) is 6.30. The molecule has 0 amide bonds. The van der Waals surface area contributed by atoms with Crippen molar-refractivity contribution in [2.75, 3.05) is 11.8 Å². The summed E-state index contributed by atoms with van der Waals surface area (Å²) >= 11 is 6.61. The first kappa shape index (κ1) is 15.6. The van der Waals surface area contributed by atoms with E-state index in [0.717, 1.165) is 0 Å². The van der Waals surface area contributed by atoms with Gasteiger partial charge in [0, 0.05) is 8.95 Å². The summed E-state index contributed by atoms with van der Waals surface area (Å²) in [6.45, 7) is 0.467. The lowest BCUT2D eigenvalue weighted by atomic mass is 10.3. The predicted molar refractivity (Wildman–Crippen MR) is 84.1 cm³/mol. The minimum atomic E-state index is -3.76. The fourth-order valence-electron chi connectivity index (χ4n) is 1.55. The molecule has 0 unspecified atom stereocenters. The van der Waals surface area contributed by atoms with Gasteiger partial charge in [0.15, 0.2) is 0 Å². The highest BCUT2D eigenvalue weighted by Gasteiger charge is 2.21. The van der Waals surface area contributed by atoms with Crippen LogP contribution in [0.15, 0.2) is 48.8 Å². The van der Waals surface area contributed by atoms with Crippen molar-refractivity contribution in [3.05, 3.63) is 45.0 Å². The zero-order valence-corrected chi connectivity index (χ0v) is 14.5. The van der Waals surface area contributed by atoms with E-state index in [9.17, 15) is 8.42 Å². The number of halogens is 2. The molecular formula is C12H12Br2N2O3S. The van der Waals surface area contributed by atoms with Gasteiger partial charge in [0.1, 0.15) is 5.76 Å². The summed E-state index contributed by atoms with van der Waals surface area (Å²) in [5, 5.41) is 2.77. The van der Waals surface area contributed by atoms with Crippen molar-refractivity contribution in [3.63, 3.8) is 0 Å². The molecule has 2 rings (SSSR count). The summed E-state index contributed by atoms with van der Waals surface area (Å²) in [6.07, 6.45) is 0. The van der Waals surface area contributed by atoms with E-state index < -0.39 is 10.0 Å². The quantitative estimate of drug-likeness (QED) is 0.773. The number of rotatable bonds is 5. The van der Waals surface area contributed by atoms with E-state index in [1.54, 1.807) is 31.3 Å². The van der Waals surface area contributed by atoms with Crippen LogP contribution < -0.4 is 10.0 Å². The molecule has 1 aromatic carbocycles. The van der Waals surface area contributed by atoms with Crippen LogP contribution in [0.3, 0.4) is 0 Å². The molecule has 0 saturated heterocycles. The summed E-state index contributed by atoms with van der Waals surface area (Å²) in [6, 6.07) is 8.35. The molecule has 1 aromatic heterocycles. The summed E-state index contributed by atoms with van der Waals surface area (Å²) < 4.78 is 33.6. The van der Waals surface area contributed by atoms with Crippen LogP contribution in [-0.2, 0) is 16.6 Å². The molecule has 8 heteroatoms. The Morgan fingerprint density at radius 1 is 1.15 bits per heavy atom. The predicted octanol–water partition coefficient (Wildman–Crippen LogP) is 3.32. The number of hydrogen-bond donors (Lipinski definition) is 2. The molecule has 0 saturated carbocycles. The Labute approximate surface area is 134 Å². The van der Waals surface area contributed by atoms with Crippen molar-refractivity contribution in [1.82, 2.24) is 5.32 Å². The largest absolute Gasteiger partial charge is 0.446 e. The van der Waals surface area contributed by atoms with E-state index >= 15 is 0 Å². The highest BCUT2D eigenvalue weighted by atomic mass is 79.9. The molecule has 0 radical (unpaired) electrons. The zero-order valence-electron chi connectivity index (χ0n) is 10.5. The number of furan rings is 1. The Morgan fingerprint density at radius 2 is 1.80 bits per heavy atom. The third-order valence-corrected chi connectivity index (χ3v) is 5.00. The number of nitrogens with one attached hydrogen (secondary N) is 2. The Morgan fingerprint density at radius 3 is 2.40 bits per heavy atom. The molecule has 2 aromatic rings. The van der Waals surface area contributed by atoms with Crippen LogP contribution in [0.5, 0.6) is 0 Å². The Kier molecular flexibility index (Phi) is 4.90. The molecule has 0 spiro atoms. The maximum atomic E-state index is 12.3. The summed E-state index contributed by atoms with van der Waals surface area (Å²) in [7, 11) is -2.00. The van der Waals surface area contributed by atoms with E-state index in [0.29, 0.717) is 26.9 Å². The maximum Gasteiger partial charge on any atom is 0.295 e. The number of para-hydroxylation sites is 1. The lowest BCUT2D eigenvalue weighted by Crippen LogP contribution is -2.13. The zero-order chi connectivity index (χ0) is 14.8. The van der Waals surface area contributed by atoms with Crippen LogP contribution in [0.1, 0.15) is 5.76 Å². The first-order valence-corrected chi connectivity index (χ1v) is 8.71. The SMILES string of the molecule is CNCc1ccc(S(=O)(=O)Nc2c(Br)cccc2Br)o1. The summed E-state index contributed by atoms with van der Waals surface area (Å²) in [5.41, 5.74) is 0.430. The second-order valence-electron chi connectivity index (χ2n) is 3.95. The van der Waals surface area contributed by atoms with Crippen LogP contribution in [0.2, 0.25) is 0 Å². The summed E-state index contributed by atoms with van der Waals surface area (Å²) in [4.78, 5) is 0. The van der Waals surface area contributed by atoms with Crippen molar-refractivity contribution in [3.8, 4) is 0 Å². The van der Waals surface area contributed by atoms with Crippen LogP contribution in [0.25, 0.3) is 0 Å². The number of hydrogen-bond acceptors (Lipinski definition) is 4. The monoisotopic (exact) mass is 422 g/mol. The van der Waals surface area contributed by atoms with E-state index in [4.69, 9.17) is 4.42 Å². The standard InChI is InChI=1S/C12H12Br2N2O3S/c1-15-7-8-5-6-11(19-8)20(17,18)16-12-9(13)3-2-4-10(12)14/h2-6,15-16H,7H2,1H3. The van der Waals surface area contributed by atoms with Gasteiger partial charge in [-0.05, 0) is 63.2 Å². The van der Waals surface area contributed by atoms with Crippen LogP contribution in [-0.4, -0.2) is 15.5 Å². The molecule has 5 nitrogen and oxygen atoms in total. The Bertz CT molecular complexity index is 693. The van der Waals surface area contributed by atoms with Gasteiger partial charge in [-0.2, -0.15) is 8.42 Å². The average Bonchev–Trinajstić information content (AvgIpc) is 2.84. The maximum absolute atomic E-state index is 12.3. The highest BCUT2D eigenvalue weighted by Crippen LogP contribution is 2.32. The van der Waals surface area contributed by atoms with Crippen molar-refractivity contribution >= 4 is 47.6 Å². The smallest absolute Gasteiger partial charge is 0.295 e. The molecule has 2 N–H and O–H groups in total. The first-order chi connectivity index (χ1) is 9.44. The van der Waals surface area contributed by atoms with Crippen molar-refractivity contribution in [1.29, 1.82) is 0 Å². The molecule has 1 heterocycles. The fourth-order valence-corrected chi connectivity index (χ4v) is 4.06. The van der Waals surface area contributed by atoms with Crippen molar-refractivity contribution in [2.24, 2.45) is 0 Å². The van der Waals surface area contributed by atoms with E-state index in [1.807, 2.05) is 0 Å². The number of sulfonamides is 1. The lowest BCUT2D eigenvalue weighted by Gasteiger charge is -2.09. The Balaban J connectivity index is 2.31. The van der Waals surface area contributed by atoms with Crippen molar-refractivity contribution < 1.29 is 12.8 Å². The van der Waals surface area contributed by atoms with Gasteiger partial charge in [0.25, 0.3) is 10.0 Å². The molecular weight excluding hydrogens is 412 g/mol. The fraction of sp³-hybridized carbons (Fsp3) is 0.167. The van der Waals surface area contributed by atoms with Gasteiger partial charge in [0.2, 0.25) is 5.09 Å². The minimum absolute atomic E-state index is 0.120. The lowest BCUT2D eigenvalue weighted by molar-refractivity contribution is 0.408. The number of benzene rings is 1. The molecule has 0 aliphatic carbocycles. The molecule has 0 aliphatic rings. The van der Waals surface area contributed by atoms with E-state index in [2.05, 4.69) is 41.9 Å². The molecule has 20 heavy (non-hydrogen) atoms. The van der Waals surface area contributed by atoms with Crippen LogP contribution in [0.4, 0.5) is 5.69 Å². The van der Waals surface area contributed by atoms with Gasteiger partial charge in [-0.15, -0.1) is 0 Å². The van der Waals surface area contributed by atoms with Gasteiger partial charge in [-0.3, -0.25) is 4.72 Å². The van der Waals surface area contributed by atoms with E-state index in [1.165, 1.54) is 6.07 Å². The van der Waals surface area contributed by atoms with Gasteiger partial charge in [-0.25, -0.2) is 0 Å². The topological polar surface area (TPSA) is 71.3 Å².